The third kappa shape index (κ3) is 4.26. The number of fused-ring (bicyclic) bond motifs is 1. The minimum atomic E-state index is 0.164. The summed E-state index contributed by atoms with van der Waals surface area (Å²) >= 11 is 0. The first-order valence-corrected chi connectivity index (χ1v) is 10.2. The molecule has 1 atom stereocenters. The highest BCUT2D eigenvalue weighted by Gasteiger charge is 2.25. The van der Waals surface area contributed by atoms with E-state index < -0.39 is 0 Å². The van der Waals surface area contributed by atoms with Gasteiger partial charge in [-0.25, -0.2) is 0 Å². The number of benzene rings is 2. The summed E-state index contributed by atoms with van der Waals surface area (Å²) in [5.74, 6) is 1.14. The minimum absolute atomic E-state index is 0.164. The molecule has 1 fully saturated rings. The fourth-order valence-electron chi connectivity index (χ4n) is 4.04. The summed E-state index contributed by atoms with van der Waals surface area (Å²) in [5.41, 5.74) is 1.40. The number of rotatable bonds is 6. The van der Waals surface area contributed by atoms with Crippen LogP contribution in [0.1, 0.15) is 24.3 Å². The number of carbonyl (C=O) groups is 1. The predicted molar refractivity (Wildman–Crippen MR) is 109 cm³/mol. The van der Waals surface area contributed by atoms with Crippen LogP contribution in [-0.2, 0) is 11.3 Å². The Labute approximate surface area is 165 Å². The van der Waals surface area contributed by atoms with Gasteiger partial charge in [0.2, 0.25) is 0 Å². The smallest absolute Gasteiger partial charge is 0.278 e. The average molecular weight is 380 g/mol. The van der Waals surface area contributed by atoms with Crippen molar-refractivity contribution in [2.45, 2.75) is 19.5 Å². The van der Waals surface area contributed by atoms with E-state index in [1.54, 1.807) is 11.2 Å². The van der Waals surface area contributed by atoms with Crippen LogP contribution in [0.25, 0.3) is 10.8 Å². The van der Waals surface area contributed by atoms with Gasteiger partial charge in [0.25, 0.3) is 5.91 Å². The van der Waals surface area contributed by atoms with Crippen molar-refractivity contribution >= 4 is 16.7 Å². The second-order valence-electron chi connectivity index (χ2n) is 7.69. The van der Waals surface area contributed by atoms with Gasteiger partial charge in [-0.3, -0.25) is 4.79 Å². The Morgan fingerprint density at radius 2 is 1.89 bits per heavy atom. The lowest BCUT2D eigenvalue weighted by Gasteiger charge is -2.32. The Hall–Kier alpha value is -2.63. The van der Waals surface area contributed by atoms with Gasteiger partial charge in [-0.2, -0.15) is 0 Å². The van der Waals surface area contributed by atoms with Crippen molar-refractivity contribution in [3.05, 3.63) is 72.2 Å². The second kappa shape index (κ2) is 8.59. The largest absolute Gasteiger partial charge is 0.463 e. The van der Waals surface area contributed by atoms with Crippen molar-refractivity contribution in [2.24, 2.45) is 0 Å². The molecule has 0 radical (unpaired) electrons. The van der Waals surface area contributed by atoms with E-state index >= 15 is 0 Å². The Bertz CT molecular complexity index is 909. The molecule has 0 spiro atoms. The molecule has 0 aliphatic carbocycles. The molecule has 1 amide bonds. The molecule has 4 rings (SSSR count). The standard InChI is InChI=1S/C23H27N3O2/c1-18(22-10-5-15-28-22)24-16-23(27)26-13-11-25(12-14-26)17-20-8-4-7-19-6-2-3-9-21(19)20/h2-10,15,18,24H,11-14,16-17H2,1H3/p+2/t18-/m1/s1. The van der Waals surface area contributed by atoms with E-state index in [9.17, 15) is 4.79 Å². The Kier molecular flexibility index (Phi) is 5.74. The molecule has 5 nitrogen and oxygen atoms in total. The lowest BCUT2D eigenvalue weighted by Crippen LogP contribution is -3.13. The zero-order valence-electron chi connectivity index (χ0n) is 16.4. The highest BCUT2D eigenvalue weighted by Crippen LogP contribution is 2.17. The summed E-state index contributed by atoms with van der Waals surface area (Å²) in [5, 5.41) is 4.70. The molecule has 0 bridgehead atoms. The molecule has 1 aliphatic rings. The van der Waals surface area contributed by atoms with Gasteiger partial charge in [0.1, 0.15) is 12.6 Å². The van der Waals surface area contributed by atoms with E-state index in [1.165, 1.54) is 16.3 Å². The number of hydrogen-bond acceptors (Lipinski definition) is 2. The lowest BCUT2D eigenvalue weighted by molar-refractivity contribution is -0.917. The lowest BCUT2D eigenvalue weighted by atomic mass is 10.0. The van der Waals surface area contributed by atoms with Crippen LogP contribution < -0.4 is 10.2 Å². The molecule has 28 heavy (non-hydrogen) atoms. The minimum Gasteiger partial charge on any atom is -0.463 e. The van der Waals surface area contributed by atoms with Crippen LogP contribution in [0, 0.1) is 0 Å². The Balaban J connectivity index is 1.28. The number of nitrogens with one attached hydrogen (secondary N) is 1. The van der Waals surface area contributed by atoms with E-state index in [0.29, 0.717) is 6.54 Å². The molecule has 0 unspecified atom stereocenters. The first-order chi connectivity index (χ1) is 13.7. The molecule has 3 N–H and O–H groups in total. The van der Waals surface area contributed by atoms with Crippen LogP contribution in [0.15, 0.2) is 65.3 Å². The second-order valence-corrected chi connectivity index (χ2v) is 7.69. The van der Waals surface area contributed by atoms with Gasteiger partial charge < -0.3 is 19.5 Å². The summed E-state index contributed by atoms with van der Waals surface area (Å²) in [6, 6.07) is 19.1. The highest BCUT2D eigenvalue weighted by molar-refractivity contribution is 5.85. The first kappa shape index (κ1) is 18.7. The Morgan fingerprint density at radius 1 is 1.11 bits per heavy atom. The zero-order valence-corrected chi connectivity index (χ0v) is 16.4. The van der Waals surface area contributed by atoms with Gasteiger partial charge in [0.15, 0.2) is 12.3 Å². The third-order valence-corrected chi connectivity index (χ3v) is 5.78. The van der Waals surface area contributed by atoms with Crippen molar-refractivity contribution in [1.29, 1.82) is 0 Å². The molecule has 1 aliphatic heterocycles. The monoisotopic (exact) mass is 379 g/mol. The van der Waals surface area contributed by atoms with Crippen molar-refractivity contribution in [3.8, 4) is 0 Å². The van der Waals surface area contributed by atoms with Gasteiger partial charge >= 0.3 is 0 Å². The first-order valence-electron chi connectivity index (χ1n) is 10.2. The molecule has 146 valence electrons. The van der Waals surface area contributed by atoms with Crippen LogP contribution in [0.4, 0.5) is 0 Å². The molecule has 2 aromatic carbocycles. The maximum atomic E-state index is 12.6. The van der Waals surface area contributed by atoms with Gasteiger partial charge in [-0.05, 0) is 29.8 Å². The fraction of sp³-hybridized carbons (Fsp3) is 0.348. The molecular formula is C23H29N3O2+2. The molecule has 1 aromatic heterocycles. The number of quaternary nitrogens is 2. The summed E-state index contributed by atoms with van der Waals surface area (Å²) in [7, 11) is 0. The number of piperazine rings is 1. The summed E-state index contributed by atoms with van der Waals surface area (Å²) in [4.78, 5) is 16.1. The number of nitrogens with two attached hydrogens (primary N) is 1. The average Bonchev–Trinajstić information content (AvgIpc) is 3.28. The van der Waals surface area contributed by atoms with Crippen molar-refractivity contribution in [1.82, 2.24) is 4.90 Å². The van der Waals surface area contributed by atoms with Gasteiger partial charge in [0, 0.05) is 5.56 Å². The molecule has 0 saturated carbocycles. The molecular weight excluding hydrogens is 350 g/mol. The topological polar surface area (TPSA) is 54.5 Å². The van der Waals surface area contributed by atoms with Gasteiger partial charge in [-0.15, -0.1) is 0 Å². The number of amides is 1. The van der Waals surface area contributed by atoms with E-state index in [0.717, 1.165) is 38.5 Å². The van der Waals surface area contributed by atoms with E-state index in [1.807, 2.05) is 17.0 Å². The summed E-state index contributed by atoms with van der Waals surface area (Å²) < 4.78 is 5.41. The summed E-state index contributed by atoms with van der Waals surface area (Å²) in [6.45, 7) is 7.24. The Morgan fingerprint density at radius 3 is 2.68 bits per heavy atom. The van der Waals surface area contributed by atoms with Gasteiger partial charge in [0.05, 0.1) is 32.4 Å². The predicted octanol–water partition coefficient (Wildman–Crippen LogP) is 0.985. The van der Waals surface area contributed by atoms with Gasteiger partial charge in [-0.1, -0.05) is 42.5 Å². The quantitative estimate of drug-likeness (QED) is 0.671. The maximum Gasteiger partial charge on any atom is 0.278 e. The highest BCUT2D eigenvalue weighted by atomic mass is 16.3. The fourth-order valence-corrected chi connectivity index (χ4v) is 4.04. The van der Waals surface area contributed by atoms with Crippen molar-refractivity contribution in [2.75, 3.05) is 32.7 Å². The third-order valence-electron chi connectivity index (χ3n) is 5.78. The SMILES string of the molecule is C[C@@H]([NH2+]CC(=O)N1CC[NH+](Cc2cccc3ccccc23)CC1)c1ccco1. The van der Waals surface area contributed by atoms with E-state index in [-0.39, 0.29) is 11.9 Å². The van der Waals surface area contributed by atoms with Crippen LogP contribution >= 0.6 is 0 Å². The molecule has 5 heteroatoms. The molecule has 1 saturated heterocycles. The van der Waals surface area contributed by atoms with Crippen molar-refractivity contribution < 1.29 is 19.4 Å². The van der Waals surface area contributed by atoms with Crippen LogP contribution in [0.5, 0.6) is 0 Å². The zero-order chi connectivity index (χ0) is 19.3. The number of carbonyl (C=O) groups excluding carboxylic acids is 1. The summed E-state index contributed by atoms with van der Waals surface area (Å²) in [6.07, 6.45) is 1.68. The molecule has 2 heterocycles. The van der Waals surface area contributed by atoms with Crippen LogP contribution in [0.3, 0.4) is 0 Å². The van der Waals surface area contributed by atoms with E-state index in [4.69, 9.17) is 4.42 Å². The maximum absolute atomic E-state index is 12.6. The van der Waals surface area contributed by atoms with Crippen LogP contribution in [0.2, 0.25) is 0 Å². The normalized spacial score (nSPS) is 16.4. The van der Waals surface area contributed by atoms with E-state index in [2.05, 4.69) is 54.7 Å². The molecule has 3 aromatic rings. The number of hydrogen-bond donors (Lipinski definition) is 2. The number of furan rings is 1. The van der Waals surface area contributed by atoms with Crippen molar-refractivity contribution in [3.63, 3.8) is 0 Å². The van der Waals surface area contributed by atoms with Crippen LogP contribution in [-0.4, -0.2) is 43.5 Å². The number of nitrogens with zero attached hydrogens (tertiary/aromatic N) is 1.